The maximum absolute atomic E-state index is 6.34. The summed E-state index contributed by atoms with van der Waals surface area (Å²) in [6, 6.07) is 0. The van der Waals surface area contributed by atoms with Crippen LogP contribution in [0.25, 0.3) is 0 Å². The van der Waals surface area contributed by atoms with Gasteiger partial charge in [-0.15, -0.1) is 0 Å². The van der Waals surface area contributed by atoms with E-state index in [0.29, 0.717) is 50.1 Å². The van der Waals surface area contributed by atoms with Crippen molar-refractivity contribution in [1.29, 1.82) is 0 Å². The normalized spacial score (nSPS) is 12.8. The van der Waals surface area contributed by atoms with Gasteiger partial charge in [0.05, 0.1) is 0 Å². The molecule has 0 aliphatic heterocycles. The second-order valence-electron chi connectivity index (χ2n) is 10.0. The predicted octanol–water partition coefficient (Wildman–Crippen LogP) is 7.61. The summed E-state index contributed by atoms with van der Waals surface area (Å²) in [6.07, 6.45) is 8.80. The third kappa shape index (κ3) is 19.2. The summed E-state index contributed by atoms with van der Waals surface area (Å²) in [5.41, 5.74) is 0. The summed E-state index contributed by atoms with van der Waals surface area (Å²) in [7, 11) is 0. The molecule has 0 fully saturated rings. The Morgan fingerprint density at radius 1 is 0.414 bits per heavy atom. The van der Waals surface area contributed by atoms with E-state index in [0.717, 1.165) is 51.4 Å². The predicted molar refractivity (Wildman–Crippen MR) is 120 cm³/mol. The summed E-state index contributed by atoms with van der Waals surface area (Å²) < 4.78 is 25.4. The Bertz CT molecular complexity index is 289. The van der Waals surface area contributed by atoms with Gasteiger partial charge in [0.25, 0.3) is 0 Å². The molecule has 0 aliphatic carbocycles. The van der Waals surface area contributed by atoms with Crippen LogP contribution < -0.4 is 0 Å². The molecule has 0 N–H and O–H groups in total. The quantitative estimate of drug-likeness (QED) is 0.163. The van der Waals surface area contributed by atoms with Crippen molar-refractivity contribution >= 4 is 0 Å². The molecule has 5 heteroatoms. The van der Waals surface area contributed by atoms with E-state index in [2.05, 4.69) is 55.4 Å². The SMILES string of the molecule is CC(C)CCC[O][Zr]([O]CCCC(C)C)([O]CCCC(C)C)[O]CCCC(C)C. The molecule has 0 radical (unpaired) electrons. The third-order valence-electron chi connectivity index (χ3n) is 4.82. The van der Waals surface area contributed by atoms with Crippen LogP contribution >= 0.6 is 0 Å². The first kappa shape index (κ1) is 29.7. The van der Waals surface area contributed by atoms with Crippen LogP contribution in [0.2, 0.25) is 0 Å². The molecule has 0 aromatic heterocycles. The van der Waals surface area contributed by atoms with E-state index in [1.54, 1.807) is 0 Å². The molecule has 0 atom stereocenters. The molecule has 176 valence electrons. The van der Waals surface area contributed by atoms with Gasteiger partial charge in [-0.05, 0) is 0 Å². The Morgan fingerprint density at radius 2 is 0.621 bits per heavy atom. The average Bonchev–Trinajstić information content (AvgIpc) is 2.62. The van der Waals surface area contributed by atoms with Crippen molar-refractivity contribution in [3.8, 4) is 0 Å². The molecule has 4 nitrogen and oxygen atoms in total. The van der Waals surface area contributed by atoms with Crippen molar-refractivity contribution in [2.24, 2.45) is 23.7 Å². The monoisotopic (exact) mass is 494 g/mol. The van der Waals surface area contributed by atoms with Crippen LogP contribution in [-0.4, -0.2) is 26.4 Å². The van der Waals surface area contributed by atoms with Crippen LogP contribution in [0.3, 0.4) is 0 Å². The van der Waals surface area contributed by atoms with Crippen molar-refractivity contribution in [3.05, 3.63) is 0 Å². The standard InChI is InChI=1S/4C6H13O.Zr/c4*1-6(2)4-3-5-7;/h4*6H,3-5H2,1-2H3;/q4*-1;+4. The van der Waals surface area contributed by atoms with Gasteiger partial charge in [-0.2, -0.15) is 0 Å². The van der Waals surface area contributed by atoms with E-state index in [1.165, 1.54) is 0 Å². The Labute approximate surface area is 189 Å². The molecule has 0 aliphatic rings. The summed E-state index contributed by atoms with van der Waals surface area (Å²) in [5, 5.41) is 0. The number of hydrogen-bond donors (Lipinski definition) is 0. The van der Waals surface area contributed by atoms with Crippen LogP contribution in [0.1, 0.15) is 107 Å². The molecule has 0 unspecified atom stereocenters. The summed E-state index contributed by atoms with van der Waals surface area (Å²) >= 11 is -3.97. The van der Waals surface area contributed by atoms with Crippen molar-refractivity contribution in [2.75, 3.05) is 26.4 Å². The van der Waals surface area contributed by atoms with Crippen molar-refractivity contribution < 1.29 is 33.3 Å². The Kier molecular flexibility index (Phi) is 18.8. The van der Waals surface area contributed by atoms with Crippen molar-refractivity contribution in [2.45, 2.75) is 107 Å². The number of hydrogen-bond acceptors (Lipinski definition) is 4. The maximum atomic E-state index is 6.34. The fourth-order valence-corrected chi connectivity index (χ4v) is 8.11. The van der Waals surface area contributed by atoms with Crippen LogP contribution in [0, 0.1) is 23.7 Å². The Hall–Kier alpha value is 0.723. The van der Waals surface area contributed by atoms with E-state index in [1.807, 2.05) is 0 Å². The van der Waals surface area contributed by atoms with Crippen molar-refractivity contribution in [3.63, 3.8) is 0 Å². The van der Waals surface area contributed by atoms with Crippen LogP contribution in [0.4, 0.5) is 0 Å². The molecule has 0 amide bonds. The van der Waals surface area contributed by atoms with Gasteiger partial charge in [-0.25, -0.2) is 0 Å². The third-order valence-corrected chi connectivity index (χ3v) is 10.3. The zero-order chi connectivity index (χ0) is 22.1. The topological polar surface area (TPSA) is 36.9 Å². The van der Waals surface area contributed by atoms with Gasteiger partial charge >= 0.3 is 190 Å². The van der Waals surface area contributed by atoms with E-state index < -0.39 is 22.0 Å². The first-order valence-electron chi connectivity index (χ1n) is 12.2. The summed E-state index contributed by atoms with van der Waals surface area (Å²) in [6.45, 7) is 20.8. The van der Waals surface area contributed by atoms with Crippen LogP contribution in [0.15, 0.2) is 0 Å². The fourth-order valence-electron chi connectivity index (χ4n) is 3.01. The van der Waals surface area contributed by atoms with Gasteiger partial charge in [-0.1, -0.05) is 0 Å². The molecule has 0 rings (SSSR count). The zero-order valence-corrected chi connectivity index (χ0v) is 23.4. The minimum absolute atomic E-state index is 0.687. The molecule has 0 saturated heterocycles. The molecule has 0 aromatic rings. The molecule has 0 saturated carbocycles. The molecular formula is C24H52O4Zr. The van der Waals surface area contributed by atoms with Gasteiger partial charge < -0.3 is 0 Å². The molecular weight excluding hydrogens is 443 g/mol. The number of rotatable bonds is 20. The summed E-state index contributed by atoms with van der Waals surface area (Å²) in [5.74, 6) is 2.76. The van der Waals surface area contributed by atoms with Crippen molar-refractivity contribution in [1.82, 2.24) is 0 Å². The second-order valence-corrected chi connectivity index (χ2v) is 15.3. The fraction of sp³-hybridized carbons (Fsp3) is 1.00. The van der Waals surface area contributed by atoms with Crippen LogP contribution in [0.5, 0.6) is 0 Å². The summed E-state index contributed by atoms with van der Waals surface area (Å²) in [4.78, 5) is 0. The molecule has 29 heavy (non-hydrogen) atoms. The van der Waals surface area contributed by atoms with Gasteiger partial charge in [0.2, 0.25) is 0 Å². The first-order chi connectivity index (χ1) is 13.7. The molecule has 0 aromatic carbocycles. The molecule has 0 bridgehead atoms. The Morgan fingerprint density at radius 3 is 0.793 bits per heavy atom. The molecule has 0 heterocycles. The van der Waals surface area contributed by atoms with E-state index in [-0.39, 0.29) is 0 Å². The molecule has 0 spiro atoms. The van der Waals surface area contributed by atoms with Gasteiger partial charge in [0.1, 0.15) is 0 Å². The van der Waals surface area contributed by atoms with Gasteiger partial charge in [0.15, 0.2) is 0 Å². The van der Waals surface area contributed by atoms with E-state index in [9.17, 15) is 0 Å². The van der Waals surface area contributed by atoms with Gasteiger partial charge in [-0.3, -0.25) is 0 Å². The Balaban J connectivity index is 4.86. The average molecular weight is 496 g/mol. The first-order valence-corrected chi connectivity index (χ1v) is 16.2. The zero-order valence-electron chi connectivity index (χ0n) is 20.9. The van der Waals surface area contributed by atoms with Gasteiger partial charge in [0, 0.05) is 0 Å². The van der Waals surface area contributed by atoms with E-state index in [4.69, 9.17) is 11.3 Å². The van der Waals surface area contributed by atoms with Crippen LogP contribution in [-0.2, 0) is 33.3 Å². The second kappa shape index (κ2) is 18.3. The minimum atomic E-state index is -3.97. The van der Waals surface area contributed by atoms with E-state index >= 15 is 0 Å².